The highest BCUT2D eigenvalue weighted by molar-refractivity contribution is 7.15. The zero-order chi connectivity index (χ0) is 9.26. The number of nitrogens with zero attached hydrogens (tertiary/aromatic N) is 2. The number of hydrogen-bond donors (Lipinski definition) is 1. The molecule has 0 spiro atoms. The molecule has 2 heterocycles. The van der Waals surface area contributed by atoms with Gasteiger partial charge in [-0.05, 0) is 0 Å². The number of amides is 1. The van der Waals surface area contributed by atoms with Gasteiger partial charge in [-0.2, -0.15) is 0 Å². The van der Waals surface area contributed by atoms with E-state index in [-0.39, 0.29) is 5.91 Å². The number of hydrogen-bond acceptors (Lipinski definition) is 3. The number of thiazole rings is 1. The molecule has 0 bridgehead atoms. The highest BCUT2D eigenvalue weighted by Crippen LogP contribution is 2.11. The van der Waals surface area contributed by atoms with Crippen molar-refractivity contribution < 1.29 is 4.79 Å². The molecule has 0 aliphatic carbocycles. The molecule has 0 saturated heterocycles. The summed E-state index contributed by atoms with van der Waals surface area (Å²) in [7, 11) is 1.63. The van der Waals surface area contributed by atoms with Crippen LogP contribution < -0.4 is 5.32 Å². The highest BCUT2D eigenvalue weighted by atomic mass is 32.1. The summed E-state index contributed by atoms with van der Waals surface area (Å²) >= 11 is 1.56. The van der Waals surface area contributed by atoms with Gasteiger partial charge >= 0.3 is 0 Å². The maximum absolute atomic E-state index is 11.0. The molecular formula is C8H9N3OS. The molecule has 0 radical (unpaired) electrons. The fourth-order valence-corrected chi connectivity index (χ4v) is 1.83. The van der Waals surface area contributed by atoms with Crippen molar-refractivity contribution in [2.75, 3.05) is 7.05 Å². The number of carbonyl (C=O) groups is 1. The first-order valence-corrected chi connectivity index (χ1v) is 4.79. The standard InChI is InChI=1S/C8H9N3OS/c1-9-7(12)4-6-5-11-2-3-13-8(11)10-6/h2-3,5H,4H2,1H3,(H,9,12). The van der Waals surface area contributed by atoms with E-state index in [2.05, 4.69) is 10.3 Å². The molecule has 5 heteroatoms. The Morgan fingerprint density at radius 1 is 1.77 bits per heavy atom. The third kappa shape index (κ3) is 1.55. The number of nitrogens with one attached hydrogen (secondary N) is 1. The SMILES string of the molecule is CNC(=O)Cc1cn2ccsc2n1. The summed E-state index contributed by atoms with van der Waals surface area (Å²) in [5, 5.41) is 4.53. The Morgan fingerprint density at radius 3 is 3.31 bits per heavy atom. The van der Waals surface area contributed by atoms with E-state index in [1.807, 2.05) is 22.2 Å². The first-order chi connectivity index (χ1) is 6.29. The molecule has 68 valence electrons. The van der Waals surface area contributed by atoms with E-state index in [0.717, 1.165) is 10.7 Å². The van der Waals surface area contributed by atoms with E-state index in [0.29, 0.717) is 6.42 Å². The second-order valence-corrected chi connectivity index (χ2v) is 3.55. The summed E-state index contributed by atoms with van der Waals surface area (Å²) < 4.78 is 1.92. The zero-order valence-corrected chi connectivity index (χ0v) is 7.97. The molecule has 2 aromatic heterocycles. The largest absolute Gasteiger partial charge is 0.359 e. The van der Waals surface area contributed by atoms with Gasteiger partial charge in [-0.25, -0.2) is 4.98 Å². The minimum absolute atomic E-state index is 0.00856. The predicted octanol–water partition coefficient (Wildman–Crippen LogP) is 0.684. The first-order valence-electron chi connectivity index (χ1n) is 3.91. The zero-order valence-electron chi connectivity index (χ0n) is 7.15. The quantitative estimate of drug-likeness (QED) is 0.766. The summed E-state index contributed by atoms with van der Waals surface area (Å²) in [5.74, 6) is -0.00856. The summed E-state index contributed by atoms with van der Waals surface area (Å²) in [4.78, 5) is 16.2. The van der Waals surface area contributed by atoms with Gasteiger partial charge in [0.1, 0.15) is 0 Å². The van der Waals surface area contributed by atoms with Gasteiger partial charge in [0.05, 0.1) is 12.1 Å². The van der Waals surface area contributed by atoms with Crippen molar-refractivity contribution in [2.45, 2.75) is 6.42 Å². The molecule has 0 fully saturated rings. The molecule has 0 aromatic carbocycles. The van der Waals surface area contributed by atoms with E-state index in [9.17, 15) is 4.79 Å². The van der Waals surface area contributed by atoms with E-state index >= 15 is 0 Å². The van der Waals surface area contributed by atoms with Crippen molar-refractivity contribution in [2.24, 2.45) is 0 Å². The van der Waals surface area contributed by atoms with Crippen LogP contribution in [-0.2, 0) is 11.2 Å². The summed E-state index contributed by atoms with van der Waals surface area (Å²) in [5.41, 5.74) is 0.811. The van der Waals surface area contributed by atoms with Crippen LogP contribution in [-0.4, -0.2) is 22.3 Å². The van der Waals surface area contributed by atoms with Crippen molar-refractivity contribution in [3.8, 4) is 0 Å². The number of rotatable bonds is 2. The van der Waals surface area contributed by atoms with Gasteiger partial charge in [0.2, 0.25) is 5.91 Å². The molecule has 4 nitrogen and oxygen atoms in total. The van der Waals surface area contributed by atoms with Crippen LogP contribution >= 0.6 is 11.3 Å². The lowest BCUT2D eigenvalue weighted by Gasteiger charge is -1.93. The maximum Gasteiger partial charge on any atom is 0.225 e. The lowest BCUT2D eigenvalue weighted by molar-refractivity contribution is -0.120. The predicted molar refractivity (Wildman–Crippen MR) is 50.8 cm³/mol. The third-order valence-corrected chi connectivity index (χ3v) is 2.53. The van der Waals surface area contributed by atoms with Gasteiger partial charge in [-0.15, -0.1) is 11.3 Å². The Morgan fingerprint density at radius 2 is 2.62 bits per heavy atom. The van der Waals surface area contributed by atoms with E-state index < -0.39 is 0 Å². The molecule has 0 aliphatic rings. The molecule has 1 N–H and O–H groups in total. The monoisotopic (exact) mass is 195 g/mol. The van der Waals surface area contributed by atoms with Crippen LogP contribution in [0.3, 0.4) is 0 Å². The Bertz CT molecular complexity index is 403. The van der Waals surface area contributed by atoms with Crippen molar-refractivity contribution in [1.82, 2.24) is 14.7 Å². The van der Waals surface area contributed by atoms with Gasteiger partial charge in [0, 0.05) is 24.8 Å². The minimum Gasteiger partial charge on any atom is -0.359 e. The molecule has 0 atom stereocenters. The Hall–Kier alpha value is -1.36. The molecule has 0 aliphatic heterocycles. The second kappa shape index (κ2) is 3.18. The molecule has 0 saturated carbocycles. The maximum atomic E-state index is 11.0. The fourth-order valence-electron chi connectivity index (χ4n) is 1.11. The van der Waals surface area contributed by atoms with Crippen LogP contribution in [0, 0.1) is 0 Å². The average Bonchev–Trinajstić information content (AvgIpc) is 2.63. The lowest BCUT2D eigenvalue weighted by Crippen LogP contribution is -2.20. The van der Waals surface area contributed by atoms with Gasteiger partial charge in [0.25, 0.3) is 0 Å². The van der Waals surface area contributed by atoms with Gasteiger partial charge < -0.3 is 5.32 Å². The van der Waals surface area contributed by atoms with Crippen molar-refractivity contribution >= 4 is 22.2 Å². The van der Waals surface area contributed by atoms with Gasteiger partial charge in [-0.3, -0.25) is 9.20 Å². The van der Waals surface area contributed by atoms with Crippen molar-refractivity contribution in [3.05, 3.63) is 23.5 Å². The number of aromatic nitrogens is 2. The summed E-state index contributed by atoms with van der Waals surface area (Å²) in [6.07, 6.45) is 4.16. The van der Waals surface area contributed by atoms with Gasteiger partial charge in [0.15, 0.2) is 4.96 Å². The minimum atomic E-state index is -0.00856. The van der Waals surface area contributed by atoms with Crippen molar-refractivity contribution in [1.29, 1.82) is 0 Å². The molecule has 0 unspecified atom stereocenters. The molecule has 2 aromatic rings. The molecular weight excluding hydrogens is 186 g/mol. The fraction of sp³-hybridized carbons (Fsp3) is 0.250. The normalized spacial score (nSPS) is 10.5. The van der Waals surface area contributed by atoms with Crippen LogP contribution in [0.2, 0.25) is 0 Å². The number of carbonyl (C=O) groups excluding carboxylic acids is 1. The van der Waals surface area contributed by atoms with Crippen LogP contribution in [0.1, 0.15) is 5.69 Å². The van der Waals surface area contributed by atoms with Crippen molar-refractivity contribution in [3.63, 3.8) is 0 Å². The second-order valence-electron chi connectivity index (χ2n) is 2.68. The third-order valence-electron chi connectivity index (χ3n) is 1.76. The molecule has 2 rings (SSSR count). The van der Waals surface area contributed by atoms with E-state index in [1.165, 1.54) is 0 Å². The summed E-state index contributed by atoms with van der Waals surface area (Å²) in [6, 6.07) is 0. The van der Waals surface area contributed by atoms with Crippen LogP contribution in [0.25, 0.3) is 4.96 Å². The smallest absolute Gasteiger partial charge is 0.225 e. The topological polar surface area (TPSA) is 46.4 Å². The number of imidazole rings is 1. The molecule has 13 heavy (non-hydrogen) atoms. The Kier molecular flexibility index (Phi) is 2.02. The molecule has 1 amide bonds. The number of likely N-dealkylation sites (N-methyl/N-ethyl adjacent to an activating group) is 1. The summed E-state index contributed by atoms with van der Waals surface area (Å²) in [6.45, 7) is 0. The Balaban J connectivity index is 2.25. The van der Waals surface area contributed by atoms with Crippen LogP contribution in [0.5, 0.6) is 0 Å². The van der Waals surface area contributed by atoms with Gasteiger partial charge in [-0.1, -0.05) is 0 Å². The Labute approximate surface area is 79.2 Å². The lowest BCUT2D eigenvalue weighted by atomic mass is 10.3. The van der Waals surface area contributed by atoms with E-state index in [1.54, 1.807) is 18.4 Å². The number of fused-ring (bicyclic) bond motifs is 1. The highest BCUT2D eigenvalue weighted by Gasteiger charge is 2.05. The van der Waals surface area contributed by atoms with E-state index in [4.69, 9.17) is 0 Å². The first kappa shape index (κ1) is 8.25. The van der Waals surface area contributed by atoms with Crippen LogP contribution in [0.15, 0.2) is 17.8 Å². The van der Waals surface area contributed by atoms with Crippen LogP contribution in [0.4, 0.5) is 0 Å². The average molecular weight is 195 g/mol.